The molecule has 2 aromatic carbocycles. The van der Waals surface area contributed by atoms with Gasteiger partial charge < -0.3 is 5.32 Å². The van der Waals surface area contributed by atoms with Gasteiger partial charge in [0.25, 0.3) is 5.56 Å². The molecule has 0 saturated carbocycles. The molecule has 5 nitrogen and oxygen atoms in total. The zero-order valence-corrected chi connectivity index (χ0v) is 15.9. The third kappa shape index (κ3) is 4.09. The second-order valence-electron chi connectivity index (χ2n) is 6.19. The molecule has 0 fully saturated rings. The van der Waals surface area contributed by atoms with Crippen LogP contribution in [0, 0.1) is 6.92 Å². The van der Waals surface area contributed by atoms with E-state index in [4.69, 9.17) is 11.6 Å². The topological polar surface area (TPSA) is 64.0 Å². The summed E-state index contributed by atoms with van der Waals surface area (Å²) in [5, 5.41) is 7.87. The van der Waals surface area contributed by atoms with E-state index in [9.17, 15) is 9.59 Å². The van der Waals surface area contributed by atoms with Gasteiger partial charge in [-0.25, -0.2) is 4.68 Å². The number of carbonyl (C=O) groups excluding carboxylic acids is 1. The van der Waals surface area contributed by atoms with E-state index in [0.717, 1.165) is 11.1 Å². The van der Waals surface area contributed by atoms with Crippen molar-refractivity contribution in [1.29, 1.82) is 0 Å². The number of hydrogen-bond acceptors (Lipinski definition) is 3. The Bertz CT molecular complexity index is 1020. The molecule has 0 aliphatic carbocycles. The van der Waals surface area contributed by atoms with Crippen LogP contribution >= 0.6 is 11.6 Å². The minimum Gasteiger partial charge on any atom is -0.324 e. The quantitative estimate of drug-likeness (QED) is 0.709. The molecular weight excluding hydrogens is 362 g/mol. The maximum Gasteiger partial charge on any atom is 0.267 e. The fourth-order valence-corrected chi connectivity index (χ4v) is 3.01. The first-order valence-corrected chi connectivity index (χ1v) is 9.10. The first kappa shape index (κ1) is 18.9. The monoisotopic (exact) mass is 381 g/mol. The summed E-state index contributed by atoms with van der Waals surface area (Å²) < 4.78 is 1.25. The molecule has 1 amide bonds. The molecule has 0 spiro atoms. The molecule has 3 aromatic rings. The highest BCUT2D eigenvalue weighted by Crippen LogP contribution is 2.24. The predicted molar refractivity (Wildman–Crippen MR) is 108 cm³/mol. The zero-order valence-electron chi connectivity index (χ0n) is 15.1. The molecular formula is C21H20ClN3O2. The molecule has 0 saturated heterocycles. The first-order chi connectivity index (χ1) is 13.0. The molecule has 0 unspecified atom stereocenters. The van der Waals surface area contributed by atoms with Gasteiger partial charge in [-0.3, -0.25) is 9.59 Å². The van der Waals surface area contributed by atoms with Crippen LogP contribution in [0.2, 0.25) is 5.02 Å². The van der Waals surface area contributed by atoms with E-state index in [1.165, 1.54) is 10.7 Å². The number of hydrogen-bond donors (Lipinski definition) is 1. The van der Waals surface area contributed by atoms with Gasteiger partial charge in [0, 0.05) is 22.3 Å². The number of aromatic nitrogens is 2. The number of benzene rings is 2. The average molecular weight is 382 g/mol. The molecule has 6 heteroatoms. The molecule has 1 heterocycles. The van der Waals surface area contributed by atoms with Gasteiger partial charge in [-0.2, -0.15) is 5.10 Å². The van der Waals surface area contributed by atoms with Crippen LogP contribution in [0.15, 0.2) is 65.5 Å². The highest BCUT2D eigenvalue weighted by molar-refractivity contribution is 6.31. The third-order valence-electron chi connectivity index (χ3n) is 4.40. The van der Waals surface area contributed by atoms with Crippen LogP contribution in [-0.4, -0.2) is 15.7 Å². The van der Waals surface area contributed by atoms with Gasteiger partial charge in [0.1, 0.15) is 6.04 Å². The maximum atomic E-state index is 12.9. The Kier molecular flexibility index (Phi) is 5.72. The summed E-state index contributed by atoms with van der Waals surface area (Å²) in [5.74, 6) is -0.303. The second-order valence-corrected chi connectivity index (χ2v) is 6.60. The number of rotatable bonds is 5. The summed E-state index contributed by atoms with van der Waals surface area (Å²) in [4.78, 5) is 25.2. The van der Waals surface area contributed by atoms with E-state index < -0.39 is 6.04 Å². The van der Waals surface area contributed by atoms with Gasteiger partial charge in [-0.05, 0) is 37.1 Å². The second kappa shape index (κ2) is 8.18. The van der Waals surface area contributed by atoms with Gasteiger partial charge in [0.2, 0.25) is 5.91 Å². The van der Waals surface area contributed by atoms with Gasteiger partial charge in [-0.1, -0.05) is 54.9 Å². The van der Waals surface area contributed by atoms with Crippen molar-refractivity contribution in [2.24, 2.45) is 0 Å². The molecule has 3 rings (SSSR count). The van der Waals surface area contributed by atoms with Crippen molar-refractivity contribution in [2.45, 2.75) is 26.3 Å². The molecule has 1 atom stereocenters. The van der Waals surface area contributed by atoms with Crippen molar-refractivity contribution >= 4 is 23.2 Å². The Balaban J connectivity index is 1.94. The number of nitrogens with one attached hydrogen (secondary N) is 1. The van der Waals surface area contributed by atoms with Crippen LogP contribution < -0.4 is 10.9 Å². The lowest BCUT2D eigenvalue weighted by Crippen LogP contribution is -2.34. The van der Waals surface area contributed by atoms with Crippen LogP contribution in [0.5, 0.6) is 0 Å². The Morgan fingerprint density at radius 1 is 1.11 bits per heavy atom. The smallest absolute Gasteiger partial charge is 0.267 e. The van der Waals surface area contributed by atoms with Crippen molar-refractivity contribution in [3.63, 3.8) is 0 Å². The molecule has 0 bridgehead atoms. The number of nitrogens with zero attached hydrogens (tertiary/aromatic N) is 2. The summed E-state index contributed by atoms with van der Waals surface area (Å²) in [5.41, 5.74) is 2.60. The Hall–Kier alpha value is -2.92. The van der Waals surface area contributed by atoms with Crippen LogP contribution in [0.25, 0.3) is 11.3 Å². The first-order valence-electron chi connectivity index (χ1n) is 8.72. The fraction of sp³-hybridized carbons (Fsp3) is 0.190. The molecule has 27 heavy (non-hydrogen) atoms. The summed E-state index contributed by atoms with van der Waals surface area (Å²) in [6.45, 7) is 3.68. The van der Waals surface area contributed by atoms with Crippen LogP contribution in [0.1, 0.15) is 24.9 Å². The molecule has 138 valence electrons. The van der Waals surface area contributed by atoms with Crippen LogP contribution in [-0.2, 0) is 4.79 Å². The summed E-state index contributed by atoms with van der Waals surface area (Å²) >= 11 is 6.12. The van der Waals surface area contributed by atoms with Gasteiger partial charge in [0.15, 0.2) is 0 Å². The van der Waals surface area contributed by atoms with Gasteiger partial charge >= 0.3 is 0 Å². The van der Waals surface area contributed by atoms with Crippen LogP contribution in [0.3, 0.4) is 0 Å². The maximum absolute atomic E-state index is 12.9. The summed E-state index contributed by atoms with van der Waals surface area (Å²) in [7, 11) is 0. The Labute approximate surface area is 162 Å². The minimum absolute atomic E-state index is 0.303. The number of carbonyl (C=O) groups is 1. The third-order valence-corrected chi connectivity index (χ3v) is 4.81. The Morgan fingerprint density at radius 2 is 1.85 bits per heavy atom. The minimum atomic E-state index is -0.723. The lowest BCUT2D eigenvalue weighted by atomic mass is 10.1. The fourth-order valence-electron chi connectivity index (χ4n) is 2.84. The van der Waals surface area contributed by atoms with Crippen molar-refractivity contribution in [3.05, 3.63) is 81.6 Å². The van der Waals surface area contributed by atoms with E-state index in [1.807, 2.05) is 44.2 Å². The molecule has 0 radical (unpaired) electrons. The van der Waals surface area contributed by atoms with E-state index in [1.54, 1.807) is 24.3 Å². The van der Waals surface area contributed by atoms with Crippen molar-refractivity contribution in [1.82, 2.24) is 9.78 Å². The van der Waals surface area contributed by atoms with Crippen molar-refractivity contribution in [2.75, 3.05) is 5.32 Å². The Morgan fingerprint density at radius 3 is 2.56 bits per heavy atom. The predicted octanol–water partition coefficient (Wildman–Crippen LogP) is 4.46. The van der Waals surface area contributed by atoms with E-state index >= 15 is 0 Å². The highest BCUT2D eigenvalue weighted by Gasteiger charge is 2.22. The van der Waals surface area contributed by atoms with E-state index in [0.29, 0.717) is 22.8 Å². The van der Waals surface area contributed by atoms with Crippen LogP contribution in [0.4, 0.5) is 5.69 Å². The van der Waals surface area contributed by atoms with E-state index in [-0.39, 0.29) is 11.5 Å². The number of halogens is 1. The lowest BCUT2D eigenvalue weighted by Gasteiger charge is -2.18. The molecule has 1 N–H and O–H groups in total. The van der Waals surface area contributed by atoms with Crippen molar-refractivity contribution in [3.8, 4) is 11.3 Å². The molecule has 0 aliphatic heterocycles. The highest BCUT2D eigenvalue weighted by atomic mass is 35.5. The summed E-state index contributed by atoms with van der Waals surface area (Å²) in [6, 6.07) is 17.2. The largest absolute Gasteiger partial charge is 0.324 e. The number of anilines is 1. The SMILES string of the molecule is CC[C@@H](C(=O)Nc1cccc(Cl)c1C)n1nc(-c2ccccc2)ccc1=O. The van der Waals surface area contributed by atoms with Gasteiger partial charge in [-0.15, -0.1) is 0 Å². The lowest BCUT2D eigenvalue weighted by molar-refractivity contribution is -0.119. The average Bonchev–Trinajstić information content (AvgIpc) is 2.68. The van der Waals surface area contributed by atoms with Crippen molar-refractivity contribution < 1.29 is 4.79 Å². The van der Waals surface area contributed by atoms with Gasteiger partial charge in [0.05, 0.1) is 5.69 Å². The molecule has 0 aliphatic rings. The number of amides is 1. The zero-order chi connectivity index (χ0) is 19.4. The van der Waals surface area contributed by atoms with E-state index in [2.05, 4.69) is 10.4 Å². The summed E-state index contributed by atoms with van der Waals surface area (Å²) in [6.07, 6.45) is 0.427. The standard InChI is InChI=1S/C21H20ClN3O2/c1-3-19(21(27)23-17-11-7-10-16(22)14(17)2)25-20(26)13-12-18(24-25)15-8-5-4-6-9-15/h4-13,19H,3H2,1-2H3,(H,23,27)/t19-/m0/s1. The molecule has 1 aromatic heterocycles. The normalized spacial score (nSPS) is 11.8.